The van der Waals surface area contributed by atoms with Gasteiger partial charge in [0.2, 0.25) is 0 Å². The van der Waals surface area contributed by atoms with Crippen LogP contribution in [0.1, 0.15) is 79.1 Å². The Morgan fingerprint density at radius 3 is 2.35 bits per heavy atom. The van der Waals surface area contributed by atoms with E-state index in [-0.39, 0.29) is 0 Å². The van der Waals surface area contributed by atoms with Crippen molar-refractivity contribution in [1.82, 2.24) is 0 Å². The van der Waals surface area contributed by atoms with E-state index in [1.54, 1.807) is 18.3 Å². The fourth-order valence-electron chi connectivity index (χ4n) is 3.17. The Morgan fingerprint density at radius 2 is 1.77 bits per heavy atom. The number of rotatable bonds is 13. The molecular weight excluding hydrogens is 318 g/mol. The second-order valence-corrected chi connectivity index (χ2v) is 7.07. The van der Waals surface area contributed by atoms with E-state index in [9.17, 15) is 0 Å². The number of anilines is 1. The molecule has 0 saturated heterocycles. The molecule has 1 aromatic rings. The molecule has 146 valence electrons. The number of unbranched alkanes of at least 4 members (excludes halogenated alkanes) is 2. The molecule has 0 radical (unpaired) electrons. The minimum absolute atomic E-state index is 0.493. The average molecular weight is 358 g/mol. The lowest BCUT2D eigenvalue weighted by Crippen LogP contribution is -2.18. The van der Waals surface area contributed by atoms with Gasteiger partial charge in [-0.05, 0) is 63.3 Å². The number of hydrogen-bond donors (Lipinski definition) is 1. The summed E-state index contributed by atoms with van der Waals surface area (Å²) in [6.45, 7) is 9.05. The van der Waals surface area contributed by atoms with Crippen LogP contribution in [-0.2, 0) is 0 Å². The van der Waals surface area contributed by atoms with Crippen LogP contribution in [0.3, 0.4) is 0 Å². The van der Waals surface area contributed by atoms with E-state index < -0.39 is 0 Å². The van der Waals surface area contributed by atoms with Gasteiger partial charge in [-0.2, -0.15) is 0 Å². The number of benzene rings is 1. The standard InChI is InChI=1S/C24H39NO/c1-6-9-10-14-22(25-23-16-18-24(26-5)19-17-23)15-12-11-13-21(8-3)20(4)7-2/h11-12,16-19,22,25H,6-10,13-15H2,1-5H3/b12-11+,21-20+. The van der Waals surface area contributed by atoms with Crippen molar-refractivity contribution in [2.45, 2.75) is 85.1 Å². The first-order chi connectivity index (χ1) is 12.6. The highest BCUT2D eigenvalue weighted by Gasteiger charge is 2.07. The molecule has 0 fully saturated rings. The van der Waals surface area contributed by atoms with Gasteiger partial charge in [0, 0.05) is 11.7 Å². The predicted octanol–water partition coefficient (Wildman–Crippen LogP) is 7.53. The van der Waals surface area contributed by atoms with Crippen molar-refractivity contribution in [2.24, 2.45) is 0 Å². The Labute approximate surface area is 161 Å². The number of methoxy groups -OCH3 is 1. The van der Waals surface area contributed by atoms with Gasteiger partial charge in [0.1, 0.15) is 5.75 Å². The molecule has 2 heteroatoms. The van der Waals surface area contributed by atoms with Gasteiger partial charge in [0.15, 0.2) is 0 Å². The first-order valence-corrected chi connectivity index (χ1v) is 10.4. The van der Waals surface area contributed by atoms with Crippen molar-refractivity contribution in [2.75, 3.05) is 12.4 Å². The van der Waals surface area contributed by atoms with E-state index in [4.69, 9.17) is 4.74 Å². The first-order valence-electron chi connectivity index (χ1n) is 10.4. The third kappa shape index (κ3) is 8.60. The van der Waals surface area contributed by atoms with Gasteiger partial charge >= 0.3 is 0 Å². The van der Waals surface area contributed by atoms with E-state index in [1.165, 1.54) is 31.4 Å². The fourth-order valence-corrected chi connectivity index (χ4v) is 3.17. The zero-order valence-electron chi connectivity index (χ0n) is 17.6. The molecule has 0 aromatic heterocycles. The number of allylic oxidation sites excluding steroid dienone is 3. The Morgan fingerprint density at radius 1 is 1.04 bits per heavy atom. The number of hydrogen-bond acceptors (Lipinski definition) is 2. The maximum absolute atomic E-state index is 5.25. The van der Waals surface area contributed by atoms with Crippen molar-refractivity contribution >= 4 is 5.69 Å². The van der Waals surface area contributed by atoms with Gasteiger partial charge in [-0.15, -0.1) is 0 Å². The van der Waals surface area contributed by atoms with Crippen LogP contribution in [0.15, 0.2) is 47.6 Å². The predicted molar refractivity (Wildman–Crippen MR) is 116 cm³/mol. The summed E-state index contributed by atoms with van der Waals surface area (Å²) in [7, 11) is 1.71. The maximum Gasteiger partial charge on any atom is 0.119 e. The summed E-state index contributed by atoms with van der Waals surface area (Å²) in [5, 5.41) is 3.71. The molecule has 0 heterocycles. The summed E-state index contributed by atoms with van der Waals surface area (Å²) < 4.78 is 5.25. The van der Waals surface area contributed by atoms with Crippen LogP contribution < -0.4 is 10.1 Å². The monoisotopic (exact) mass is 357 g/mol. The van der Waals surface area contributed by atoms with Gasteiger partial charge in [0.05, 0.1) is 7.11 Å². The second kappa shape index (κ2) is 13.5. The number of nitrogens with one attached hydrogen (secondary N) is 1. The molecule has 2 nitrogen and oxygen atoms in total. The lowest BCUT2D eigenvalue weighted by Gasteiger charge is -2.19. The molecule has 1 atom stereocenters. The summed E-state index contributed by atoms with van der Waals surface area (Å²) in [5.74, 6) is 0.906. The smallest absolute Gasteiger partial charge is 0.119 e. The average Bonchev–Trinajstić information content (AvgIpc) is 2.68. The third-order valence-electron chi connectivity index (χ3n) is 5.13. The van der Waals surface area contributed by atoms with Gasteiger partial charge in [-0.1, -0.05) is 63.3 Å². The largest absolute Gasteiger partial charge is 0.497 e. The van der Waals surface area contributed by atoms with Crippen LogP contribution in [0.2, 0.25) is 0 Å². The van der Waals surface area contributed by atoms with Crippen molar-refractivity contribution in [1.29, 1.82) is 0 Å². The molecule has 1 rings (SSSR count). The van der Waals surface area contributed by atoms with Crippen molar-refractivity contribution < 1.29 is 4.74 Å². The van der Waals surface area contributed by atoms with Crippen molar-refractivity contribution in [3.05, 3.63) is 47.6 Å². The summed E-state index contributed by atoms with van der Waals surface area (Å²) in [4.78, 5) is 0. The highest BCUT2D eigenvalue weighted by molar-refractivity contribution is 5.47. The minimum Gasteiger partial charge on any atom is -0.497 e. The Hall–Kier alpha value is -1.70. The Balaban J connectivity index is 2.62. The SMILES string of the molecule is CCCCCC(C/C=C/C/C(CC)=C(\C)CC)Nc1ccc(OC)cc1. The van der Waals surface area contributed by atoms with Crippen LogP contribution in [-0.4, -0.2) is 13.2 Å². The zero-order valence-corrected chi connectivity index (χ0v) is 17.6. The quantitative estimate of drug-likeness (QED) is 0.291. The molecule has 1 N–H and O–H groups in total. The molecule has 0 spiro atoms. The first kappa shape index (κ1) is 22.3. The molecule has 0 aliphatic carbocycles. The molecule has 0 aliphatic rings. The third-order valence-corrected chi connectivity index (χ3v) is 5.13. The normalized spacial score (nSPS) is 13.6. The van der Waals surface area contributed by atoms with E-state index in [2.05, 4.69) is 57.3 Å². The van der Waals surface area contributed by atoms with Gasteiger partial charge in [-0.3, -0.25) is 0 Å². The highest BCUT2D eigenvalue weighted by atomic mass is 16.5. The Bertz CT molecular complexity index is 542. The molecule has 0 bridgehead atoms. The lowest BCUT2D eigenvalue weighted by atomic mass is 10.0. The molecule has 0 saturated carbocycles. The number of ether oxygens (including phenoxy) is 1. The van der Waals surface area contributed by atoms with Crippen molar-refractivity contribution in [3.63, 3.8) is 0 Å². The van der Waals surface area contributed by atoms with Gasteiger partial charge in [-0.25, -0.2) is 0 Å². The Kier molecular flexibility index (Phi) is 11.6. The molecule has 0 aliphatic heterocycles. The molecule has 1 aromatic carbocycles. The van der Waals surface area contributed by atoms with Gasteiger partial charge < -0.3 is 10.1 Å². The zero-order chi connectivity index (χ0) is 19.2. The van der Waals surface area contributed by atoms with E-state index in [1.807, 2.05) is 12.1 Å². The molecule has 1 unspecified atom stereocenters. The van der Waals surface area contributed by atoms with Gasteiger partial charge in [0.25, 0.3) is 0 Å². The minimum atomic E-state index is 0.493. The van der Waals surface area contributed by atoms with E-state index in [0.717, 1.165) is 31.4 Å². The van der Waals surface area contributed by atoms with Crippen LogP contribution in [0.25, 0.3) is 0 Å². The fraction of sp³-hybridized carbons (Fsp3) is 0.583. The summed E-state index contributed by atoms with van der Waals surface area (Å²) in [6, 6.07) is 8.75. The van der Waals surface area contributed by atoms with Crippen LogP contribution in [0.5, 0.6) is 5.75 Å². The molecular formula is C24H39NO. The van der Waals surface area contributed by atoms with Crippen LogP contribution in [0.4, 0.5) is 5.69 Å². The summed E-state index contributed by atoms with van der Waals surface area (Å²) in [5.41, 5.74) is 4.32. The summed E-state index contributed by atoms with van der Waals surface area (Å²) >= 11 is 0. The summed E-state index contributed by atoms with van der Waals surface area (Å²) in [6.07, 6.45) is 14.3. The molecule has 0 amide bonds. The second-order valence-electron chi connectivity index (χ2n) is 7.07. The van der Waals surface area contributed by atoms with Crippen LogP contribution >= 0.6 is 0 Å². The molecule has 26 heavy (non-hydrogen) atoms. The van der Waals surface area contributed by atoms with E-state index >= 15 is 0 Å². The van der Waals surface area contributed by atoms with Crippen LogP contribution in [0, 0.1) is 0 Å². The maximum atomic E-state index is 5.25. The van der Waals surface area contributed by atoms with Crippen molar-refractivity contribution in [3.8, 4) is 5.75 Å². The highest BCUT2D eigenvalue weighted by Crippen LogP contribution is 2.20. The topological polar surface area (TPSA) is 21.3 Å². The lowest BCUT2D eigenvalue weighted by molar-refractivity contribution is 0.415. The van der Waals surface area contributed by atoms with E-state index in [0.29, 0.717) is 6.04 Å².